The largest absolute Gasteiger partial charge is 0.323 e. The second-order valence-corrected chi connectivity index (χ2v) is 19.9. The van der Waals surface area contributed by atoms with Crippen LogP contribution in [0.2, 0.25) is 39.3 Å². The summed E-state index contributed by atoms with van der Waals surface area (Å²) in [6.07, 6.45) is 0. The van der Waals surface area contributed by atoms with Crippen molar-refractivity contribution in [1.82, 2.24) is 0 Å². The third-order valence-electron chi connectivity index (χ3n) is 5.74. The van der Waals surface area contributed by atoms with Crippen molar-refractivity contribution in [3.05, 3.63) is 84.9 Å². The van der Waals surface area contributed by atoms with Gasteiger partial charge in [0.25, 0.3) is 0 Å². The Morgan fingerprint density at radius 1 is 0.531 bits per heavy atom. The predicted molar refractivity (Wildman–Crippen MR) is 145 cm³/mol. The lowest BCUT2D eigenvalue weighted by Gasteiger charge is -2.43. The molecule has 0 fully saturated rings. The Labute approximate surface area is 193 Å². The van der Waals surface area contributed by atoms with E-state index in [0.717, 1.165) is 32.9 Å². The molecule has 4 rings (SSSR count). The summed E-state index contributed by atoms with van der Waals surface area (Å²) < 4.78 is 4.24. The molecule has 0 aliphatic heterocycles. The van der Waals surface area contributed by atoms with Crippen LogP contribution in [-0.2, 0) is 0 Å². The molecule has 0 saturated carbocycles. The van der Waals surface area contributed by atoms with Crippen molar-refractivity contribution in [2.45, 2.75) is 39.3 Å². The molecule has 0 radical (unpaired) electrons. The lowest BCUT2D eigenvalue weighted by Crippen LogP contribution is -2.61. The number of carbonyl (C=O) groups excluding carboxylic acids is 1. The topological polar surface area (TPSA) is 23.6 Å². The van der Waals surface area contributed by atoms with Crippen molar-refractivity contribution in [3.8, 4) is 0 Å². The highest BCUT2D eigenvalue weighted by atomic mass is 28.3. The summed E-state index contributed by atoms with van der Waals surface area (Å²) in [5, 5.41) is 4.56. The zero-order valence-electron chi connectivity index (χ0n) is 19.9. The molecule has 0 atom stereocenters. The van der Waals surface area contributed by atoms with Gasteiger partial charge in [0.05, 0.1) is 0 Å². The number of anilines is 2. The third kappa shape index (κ3) is 4.10. The monoisotopic (exact) mass is 456 g/mol. The molecule has 0 saturated heterocycles. The van der Waals surface area contributed by atoms with E-state index in [2.05, 4.69) is 133 Å². The van der Waals surface area contributed by atoms with Crippen molar-refractivity contribution in [1.29, 1.82) is 0 Å². The number of nitrogens with zero attached hydrogens (tertiary/aromatic N) is 2. The van der Waals surface area contributed by atoms with Crippen molar-refractivity contribution in [2.75, 3.05) is 9.13 Å². The number of rotatable bonds is 4. The Balaban J connectivity index is 1.95. The number of hydrogen-bond donors (Lipinski definition) is 0. The second-order valence-electron chi connectivity index (χ2n) is 10.3. The molecule has 0 aromatic heterocycles. The molecule has 4 aromatic carbocycles. The molecule has 0 aliphatic rings. The minimum absolute atomic E-state index is 0.0936. The summed E-state index contributed by atoms with van der Waals surface area (Å²) in [6, 6.07) is 29.4. The van der Waals surface area contributed by atoms with Crippen LogP contribution < -0.4 is 9.13 Å². The lowest BCUT2D eigenvalue weighted by molar-refractivity contribution is 0.257. The van der Waals surface area contributed by atoms with E-state index in [4.69, 9.17) is 0 Å². The van der Waals surface area contributed by atoms with Gasteiger partial charge in [0, 0.05) is 22.1 Å². The second kappa shape index (κ2) is 8.22. The maximum absolute atomic E-state index is 14.5. The number of fused-ring (bicyclic) bond motifs is 2. The fourth-order valence-electron chi connectivity index (χ4n) is 4.41. The fourth-order valence-corrected chi connectivity index (χ4v) is 7.69. The number of carbonyl (C=O) groups is 1. The molecule has 0 aliphatic carbocycles. The van der Waals surface area contributed by atoms with Gasteiger partial charge in [0.15, 0.2) is 16.5 Å². The van der Waals surface area contributed by atoms with Crippen LogP contribution in [0.5, 0.6) is 0 Å². The highest BCUT2D eigenvalue weighted by Gasteiger charge is 2.39. The Morgan fingerprint density at radius 2 is 0.875 bits per heavy atom. The van der Waals surface area contributed by atoms with Gasteiger partial charge in [-0.15, -0.1) is 0 Å². The highest BCUT2D eigenvalue weighted by Crippen LogP contribution is 2.36. The molecule has 0 spiro atoms. The van der Waals surface area contributed by atoms with Gasteiger partial charge in [0.1, 0.15) is 0 Å². The van der Waals surface area contributed by atoms with Crippen LogP contribution in [0.1, 0.15) is 0 Å². The average molecular weight is 457 g/mol. The van der Waals surface area contributed by atoms with Crippen LogP contribution >= 0.6 is 0 Å². The van der Waals surface area contributed by atoms with E-state index in [1.807, 2.05) is 0 Å². The number of amides is 2. The van der Waals surface area contributed by atoms with Crippen molar-refractivity contribution >= 4 is 55.4 Å². The van der Waals surface area contributed by atoms with Gasteiger partial charge in [-0.05, 0) is 22.9 Å². The quantitative estimate of drug-likeness (QED) is 0.285. The van der Waals surface area contributed by atoms with Crippen molar-refractivity contribution in [3.63, 3.8) is 0 Å². The van der Waals surface area contributed by atoms with Crippen molar-refractivity contribution < 1.29 is 4.79 Å². The molecule has 4 aromatic rings. The van der Waals surface area contributed by atoms with Gasteiger partial charge in [-0.3, -0.25) is 0 Å². The van der Waals surface area contributed by atoms with Gasteiger partial charge in [-0.2, -0.15) is 0 Å². The molecule has 5 heteroatoms. The van der Waals surface area contributed by atoms with Gasteiger partial charge >= 0.3 is 6.03 Å². The van der Waals surface area contributed by atoms with E-state index < -0.39 is 16.5 Å². The van der Waals surface area contributed by atoms with E-state index in [0.29, 0.717) is 0 Å². The number of benzene rings is 4. The number of urea groups is 1. The lowest BCUT2D eigenvalue weighted by atomic mass is 10.1. The van der Waals surface area contributed by atoms with E-state index in [1.165, 1.54) is 0 Å². The summed E-state index contributed by atoms with van der Waals surface area (Å²) in [5.41, 5.74) is 2.02. The first-order chi connectivity index (χ1) is 15.1. The normalized spacial score (nSPS) is 12.2. The van der Waals surface area contributed by atoms with E-state index in [-0.39, 0.29) is 6.03 Å². The van der Waals surface area contributed by atoms with Crippen LogP contribution in [0, 0.1) is 0 Å². The SMILES string of the molecule is C[Si](C)(C)N(C(=O)N(c1cccc2ccccc12)[Si](C)(C)C)c1cccc2ccccc12. The van der Waals surface area contributed by atoms with Crippen LogP contribution in [0.4, 0.5) is 16.2 Å². The molecule has 164 valence electrons. The Hall–Kier alpha value is -2.90. The standard InChI is InChI=1S/C27H32N2OSi2/c1-31(2,3)28(25-19-11-15-21-13-7-9-17-23(21)25)27(30)29(32(4,5)6)26-20-12-16-22-14-8-10-18-24(22)26/h7-20H,1-6H3. The zero-order chi connectivity index (χ0) is 23.1. The molecular formula is C27H32N2OSi2. The van der Waals surface area contributed by atoms with Crippen LogP contribution in [-0.4, -0.2) is 22.5 Å². The molecule has 0 bridgehead atoms. The maximum Gasteiger partial charge on any atom is 0.312 e. The van der Waals surface area contributed by atoms with Crippen LogP contribution in [0.25, 0.3) is 21.5 Å². The summed E-state index contributed by atoms with van der Waals surface area (Å²) in [4.78, 5) is 14.5. The maximum atomic E-state index is 14.5. The molecule has 3 nitrogen and oxygen atoms in total. The van der Waals surface area contributed by atoms with E-state index in [1.54, 1.807) is 0 Å². The summed E-state index contributed by atoms with van der Waals surface area (Å²) >= 11 is 0. The van der Waals surface area contributed by atoms with E-state index in [9.17, 15) is 4.79 Å². The first kappa shape index (κ1) is 22.3. The predicted octanol–water partition coefficient (Wildman–Crippen LogP) is 8.10. The smallest absolute Gasteiger partial charge is 0.312 e. The summed E-state index contributed by atoms with van der Waals surface area (Å²) in [5.74, 6) is 0. The summed E-state index contributed by atoms with van der Waals surface area (Å²) in [7, 11) is -4.17. The highest BCUT2D eigenvalue weighted by molar-refractivity contribution is 6.88. The Kier molecular flexibility index (Phi) is 5.73. The first-order valence-electron chi connectivity index (χ1n) is 11.2. The molecule has 32 heavy (non-hydrogen) atoms. The Morgan fingerprint density at radius 3 is 1.25 bits per heavy atom. The van der Waals surface area contributed by atoms with Gasteiger partial charge < -0.3 is 9.13 Å². The van der Waals surface area contributed by atoms with E-state index >= 15 is 0 Å². The minimum atomic E-state index is -2.09. The molecule has 0 unspecified atom stereocenters. The molecule has 2 amide bonds. The average Bonchev–Trinajstić information content (AvgIpc) is 2.72. The summed E-state index contributed by atoms with van der Waals surface area (Å²) in [6.45, 7) is 13.5. The van der Waals surface area contributed by atoms with Gasteiger partial charge in [0.2, 0.25) is 0 Å². The fraction of sp³-hybridized carbons (Fsp3) is 0.222. The first-order valence-corrected chi connectivity index (χ1v) is 18.1. The molecular weight excluding hydrogens is 424 g/mol. The van der Waals surface area contributed by atoms with Crippen LogP contribution in [0.3, 0.4) is 0 Å². The van der Waals surface area contributed by atoms with Crippen LogP contribution in [0.15, 0.2) is 84.9 Å². The minimum Gasteiger partial charge on any atom is -0.323 e. The molecule has 0 N–H and O–H groups in total. The molecule has 0 heterocycles. The number of hydrogen-bond acceptors (Lipinski definition) is 1. The van der Waals surface area contributed by atoms with Gasteiger partial charge in [-0.1, -0.05) is 112 Å². The van der Waals surface area contributed by atoms with Crippen molar-refractivity contribution in [2.24, 2.45) is 0 Å². The third-order valence-corrected chi connectivity index (χ3v) is 9.29. The van der Waals surface area contributed by atoms with Gasteiger partial charge in [-0.25, -0.2) is 4.79 Å². The Bertz CT molecular complexity index is 1180. The zero-order valence-corrected chi connectivity index (χ0v) is 21.9.